The Morgan fingerprint density at radius 1 is 1.24 bits per heavy atom. The summed E-state index contributed by atoms with van der Waals surface area (Å²) in [7, 11) is 3.40. The number of aromatic nitrogens is 5. The lowest BCUT2D eigenvalue weighted by Crippen LogP contribution is -2.18. The number of nitrogens with zero attached hydrogens (tertiary/aromatic N) is 5. The fourth-order valence-electron chi connectivity index (χ4n) is 5.08. The van der Waals surface area contributed by atoms with Crippen molar-refractivity contribution in [3.8, 4) is 23.0 Å². The van der Waals surface area contributed by atoms with Crippen molar-refractivity contribution in [2.24, 2.45) is 13.0 Å². The normalized spacial score (nSPS) is 14.5. The molecule has 1 atom stereocenters. The zero-order chi connectivity index (χ0) is 30.0. The highest BCUT2D eigenvalue weighted by atomic mass is 35.5. The van der Waals surface area contributed by atoms with E-state index in [0.29, 0.717) is 49.6 Å². The molecule has 0 fully saturated rings. The summed E-state index contributed by atoms with van der Waals surface area (Å²) in [5, 5.41) is 17.8. The summed E-state index contributed by atoms with van der Waals surface area (Å²) < 4.78 is 14.5. The van der Waals surface area contributed by atoms with Gasteiger partial charge in [0, 0.05) is 11.9 Å². The fraction of sp³-hybridized carbons (Fsp3) is 0.414. The number of halogens is 1. The highest BCUT2D eigenvalue weighted by molar-refractivity contribution is 7.99. The average Bonchev–Trinajstić information content (AvgIpc) is 3.65. The van der Waals surface area contributed by atoms with E-state index in [4.69, 9.17) is 21.1 Å². The first-order chi connectivity index (χ1) is 20.3. The highest BCUT2D eigenvalue weighted by Gasteiger charge is 2.30. The lowest BCUT2D eigenvalue weighted by molar-refractivity contribution is -0.113. The van der Waals surface area contributed by atoms with Gasteiger partial charge in [-0.25, -0.2) is 4.79 Å². The van der Waals surface area contributed by atoms with E-state index in [2.05, 4.69) is 27.5 Å². The fourth-order valence-corrected chi connectivity index (χ4v) is 7.43. The number of methoxy groups -OCH3 is 1. The first kappa shape index (κ1) is 30.1. The van der Waals surface area contributed by atoms with Gasteiger partial charge in [0.05, 0.1) is 41.4 Å². The molecule has 1 amide bonds. The number of benzene rings is 1. The number of aryl methyl sites for hydroxylation is 1. The number of thioether (sulfide) groups is 1. The molecule has 1 aliphatic rings. The van der Waals surface area contributed by atoms with Crippen LogP contribution in [0.3, 0.4) is 0 Å². The van der Waals surface area contributed by atoms with Gasteiger partial charge in [0.25, 0.3) is 0 Å². The summed E-state index contributed by atoms with van der Waals surface area (Å²) >= 11 is 9.33. The number of nitrogens with one attached hydrogen (secondary N) is 1. The van der Waals surface area contributed by atoms with Crippen LogP contribution < -0.4 is 10.1 Å². The molecular formula is C29H33ClN6O4S2. The first-order valence-corrected chi connectivity index (χ1v) is 16.0. The van der Waals surface area contributed by atoms with Gasteiger partial charge >= 0.3 is 5.97 Å². The zero-order valence-electron chi connectivity index (χ0n) is 24.2. The number of carbonyl (C=O) groups is 2. The van der Waals surface area contributed by atoms with Crippen molar-refractivity contribution in [3.05, 3.63) is 51.0 Å². The predicted molar refractivity (Wildman–Crippen MR) is 165 cm³/mol. The van der Waals surface area contributed by atoms with Crippen molar-refractivity contribution in [1.82, 2.24) is 24.5 Å². The third kappa shape index (κ3) is 5.80. The van der Waals surface area contributed by atoms with E-state index in [1.807, 2.05) is 38.2 Å². The van der Waals surface area contributed by atoms with Crippen molar-refractivity contribution in [1.29, 1.82) is 0 Å². The Balaban J connectivity index is 1.44. The quantitative estimate of drug-likeness (QED) is 0.165. The molecule has 1 N–H and O–H groups in total. The van der Waals surface area contributed by atoms with Crippen LogP contribution in [0.15, 0.2) is 29.4 Å². The van der Waals surface area contributed by atoms with Crippen molar-refractivity contribution in [2.45, 2.75) is 51.6 Å². The van der Waals surface area contributed by atoms with Gasteiger partial charge in [0.15, 0.2) is 11.0 Å². The number of hydrogen-bond acceptors (Lipinski definition) is 9. The molecule has 3 heterocycles. The maximum absolute atomic E-state index is 13.3. The largest absolute Gasteiger partial charge is 0.495 e. The number of carbonyl (C=O) groups excluding carboxylic acids is 2. The lowest BCUT2D eigenvalue weighted by Gasteiger charge is -2.20. The topological polar surface area (TPSA) is 113 Å². The third-order valence-electron chi connectivity index (χ3n) is 7.44. The van der Waals surface area contributed by atoms with E-state index in [1.165, 1.54) is 23.1 Å². The predicted octanol–water partition coefficient (Wildman–Crippen LogP) is 6.12. The molecule has 0 bridgehead atoms. The van der Waals surface area contributed by atoms with Gasteiger partial charge in [-0.2, -0.15) is 5.10 Å². The Morgan fingerprint density at radius 3 is 2.71 bits per heavy atom. The number of fused-ring (bicyclic) bond motifs is 1. The molecule has 13 heteroatoms. The number of rotatable bonds is 10. The van der Waals surface area contributed by atoms with Gasteiger partial charge in [-0.15, -0.1) is 21.5 Å². The molecule has 0 radical (unpaired) electrons. The SMILES string of the molecule is CCOC(=O)c1c(NC(=O)CSc2nnc(-c3nn(C)c(C)c3Cl)n2-c2ccccc2OC)sc2c1CCC(CC)C2. The van der Waals surface area contributed by atoms with Crippen molar-refractivity contribution < 1.29 is 19.1 Å². The Hall–Kier alpha value is -3.35. The molecule has 0 aliphatic heterocycles. The second kappa shape index (κ2) is 12.9. The monoisotopic (exact) mass is 628 g/mol. The standard InChI is InChI=1S/C29H33ClN6O4S2/c1-6-17-12-13-18-21(14-17)42-27(23(18)28(38)40-7-2)31-22(37)15-41-29-33-32-26(25-24(30)16(3)35(4)34-25)36(29)19-10-8-9-11-20(19)39-5/h8-11,17H,6-7,12-15H2,1-5H3,(H,31,37). The van der Waals surface area contributed by atoms with Crippen LogP contribution in [-0.2, 0) is 29.4 Å². The minimum atomic E-state index is -0.393. The van der Waals surface area contributed by atoms with E-state index in [1.54, 1.807) is 23.3 Å². The molecule has 3 aromatic heterocycles. The summed E-state index contributed by atoms with van der Waals surface area (Å²) in [5.74, 6) is 0.983. The number of thiophene rings is 1. The molecular weight excluding hydrogens is 596 g/mol. The van der Waals surface area contributed by atoms with Crippen LogP contribution in [0.4, 0.5) is 5.00 Å². The summed E-state index contributed by atoms with van der Waals surface area (Å²) in [6.45, 7) is 6.11. The molecule has 1 aliphatic carbocycles. The molecule has 4 aromatic rings. The number of amides is 1. The van der Waals surface area contributed by atoms with Crippen LogP contribution in [0.25, 0.3) is 17.2 Å². The van der Waals surface area contributed by atoms with Gasteiger partial charge in [0.1, 0.15) is 16.4 Å². The van der Waals surface area contributed by atoms with E-state index < -0.39 is 5.97 Å². The summed E-state index contributed by atoms with van der Waals surface area (Å²) in [6, 6.07) is 7.47. The minimum Gasteiger partial charge on any atom is -0.495 e. The van der Waals surface area contributed by atoms with E-state index in [0.717, 1.165) is 41.8 Å². The summed E-state index contributed by atoms with van der Waals surface area (Å²) in [5.41, 5.74) is 3.44. The molecule has 0 spiro atoms. The smallest absolute Gasteiger partial charge is 0.341 e. The molecule has 5 rings (SSSR count). The number of ether oxygens (including phenoxy) is 2. The molecule has 0 saturated carbocycles. The maximum atomic E-state index is 13.3. The Labute approximate surface area is 257 Å². The second-order valence-electron chi connectivity index (χ2n) is 9.97. The number of para-hydroxylation sites is 2. The van der Waals surface area contributed by atoms with Gasteiger partial charge in [-0.05, 0) is 56.7 Å². The zero-order valence-corrected chi connectivity index (χ0v) is 26.6. The molecule has 42 heavy (non-hydrogen) atoms. The molecule has 222 valence electrons. The Morgan fingerprint density at radius 2 is 2.02 bits per heavy atom. The van der Waals surface area contributed by atoms with Crippen molar-refractivity contribution in [3.63, 3.8) is 0 Å². The van der Waals surface area contributed by atoms with Crippen LogP contribution in [0.5, 0.6) is 5.75 Å². The van der Waals surface area contributed by atoms with E-state index in [9.17, 15) is 9.59 Å². The molecule has 1 unspecified atom stereocenters. The van der Waals surface area contributed by atoms with Gasteiger partial charge < -0.3 is 14.8 Å². The van der Waals surface area contributed by atoms with Crippen molar-refractivity contribution >= 4 is 51.6 Å². The van der Waals surface area contributed by atoms with Crippen LogP contribution in [-0.4, -0.2) is 55.9 Å². The van der Waals surface area contributed by atoms with Crippen molar-refractivity contribution in [2.75, 3.05) is 24.8 Å². The van der Waals surface area contributed by atoms with Gasteiger partial charge in [0.2, 0.25) is 5.91 Å². The number of esters is 1. The molecule has 1 aromatic carbocycles. The average molecular weight is 629 g/mol. The maximum Gasteiger partial charge on any atom is 0.341 e. The second-order valence-corrected chi connectivity index (χ2v) is 12.4. The van der Waals surface area contributed by atoms with Crippen LogP contribution in [0.2, 0.25) is 5.02 Å². The molecule has 0 saturated heterocycles. The summed E-state index contributed by atoms with van der Waals surface area (Å²) in [4.78, 5) is 27.4. The Bertz CT molecular complexity index is 1630. The van der Waals surface area contributed by atoms with Crippen LogP contribution >= 0.6 is 34.7 Å². The lowest BCUT2D eigenvalue weighted by atomic mass is 9.85. The number of hydrogen-bond donors (Lipinski definition) is 1. The van der Waals surface area contributed by atoms with E-state index in [-0.39, 0.29) is 18.3 Å². The third-order valence-corrected chi connectivity index (χ3v) is 9.99. The minimum absolute atomic E-state index is 0.0324. The van der Waals surface area contributed by atoms with E-state index >= 15 is 0 Å². The van der Waals surface area contributed by atoms with Crippen LogP contribution in [0, 0.1) is 12.8 Å². The number of anilines is 1. The first-order valence-electron chi connectivity index (χ1n) is 13.8. The van der Waals surface area contributed by atoms with Gasteiger partial charge in [-0.3, -0.25) is 14.0 Å². The van der Waals surface area contributed by atoms with Gasteiger partial charge in [-0.1, -0.05) is 48.8 Å². The molecule has 10 nitrogen and oxygen atoms in total. The summed E-state index contributed by atoms with van der Waals surface area (Å²) in [6.07, 6.45) is 3.83. The highest BCUT2D eigenvalue weighted by Crippen LogP contribution is 2.41. The van der Waals surface area contributed by atoms with Crippen LogP contribution in [0.1, 0.15) is 53.2 Å². The Kier molecular flexibility index (Phi) is 9.24.